The molecule has 0 aliphatic carbocycles. The van der Waals surface area contributed by atoms with Crippen molar-refractivity contribution in [1.82, 2.24) is 24.4 Å². The van der Waals surface area contributed by atoms with Gasteiger partial charge in [0.25, 0.3) is 5.91 Å². The summed E-state index contributed by atoms with van der Waals surface area (Å²) in [5.74, 6) is 0.835. The average Bonchev–Trinajstić information content (AvgIpc) is 3.35. The van der Waals surface area contributed by atoms with E-state index in [9.17, 15) is 4.79 Å². The van der Waals surface area contributed by atoms with Crippen LogP contribution in [0.3, 0.4) is 0 Å². The molecule has 0 bridgehead atoms. The molecule has 4 rings (SSSR count). The number of aromatic nitrogens is 5. The van der Waals surface area contributed by atoms with Crippen LogP contribution in [0.2, 0.25) is 5.02 Å². The zero-order chi connectivity index (χ0) is 21.1. The van der Waals surface area contributed by atoms with Crippen LogP contribution in [-0.4, -0.2) is 36.9 Å². The van der Waals surface area contributed by atoms with E-state index in [-0.39, 0.29) is 5.91 Å². The fourth-order valence-corrected chi connectivity index (χ4v) is 3.60. The molecular weight excluding hydrogens is 424 g/mol. The molecule has 0 radical (unpaired) electrons. The minimum absolute atomic E-state index is 0.349. The van der Waals surface area contributed by atoms with E-state index in [4.69, 9.17) is 16.3 Å². The van der Waals surface area contributed by atoms with Crippen LogP contribution in [0.25, 0.3) is 17.2 Å². The zero-order valence-corrected chi connectivity index (χ0v) is 17.7. The molecule has 0 saturated heterocycles. The predicted octanol–water partition coefficient (Wildman–Crippen LogP) is 4.40. The van der Waals surface area contributed by atoms with Gasteiger partial charge in [-0.3, -0.25) is 10.1 Å². The first-order valence-electron chi connectivity index (χ1n) is 9.12. The minimum Gasteiger partial charge on any atom is -0.494 e. The number of benzene rings is 2. The molecule has 4 aromatic rings. The van der Waals surface area contributed by atoms with E-state index >= 15 is 0 Å². The average molecular weight is 441 g/mol. The maximum absolute atomic E-state index is 12.4. The lowest BCUT2D eigenvalue weighted by Crippen LogP contribution is -2.12. The Hall–Kier alpha value is -3.30. The van der Waals surface area contributed by atoms with Crippen molar-refractivity contribution in [2.24, 2.45) is 0 Å². The molecule has 0 aliphatic heterocycles. The van der Waals surface area contributed by atoms with Crippen LogP contribution in [0, 0.1) is 6.92 Å². The molecule has 152 valence electrons. The Bertz CT molecular complexity index is 1190. The van der Waals surface area contributed by atoms with Crippen molar-refractivity contribution in [3.05, 3.63) is 64.8 Å². The molecule has 1 N–H and O–H groups in total. The summed E-state index contributed by atoms with van der Waals surface area (Å²) in [5.41, 5.74) is 2.53. The van der Waals surface area contributed by atoms with Gasteiger partial charge in [-0.15, -0.1) is 5.10 Å². The molecule has 0 fully saturated rings. The second-order valence-electron chi connectivity index (χ2n) is 6.22. The molecule has 1 amide bonds. The third kappa shape index (κ3) is 4.03. The third-order valence-corrected chi connectivity index (χ3v) is 5.22. The fourth-order valence-electron chi connectivity index (χ4n) is 2.81. The number of amides is 1. The van der Waals surface area contributed by atoms with Crippen molar-refractivity contribution < 1.29 is 9.53 Å². The summed E-state index contributed by atoms with van der Waals surface area (Å²) < 4.78 is 11.5. The molecule has 2 aromatic heterocycles. The highest BCUT2D eigenvalue weighted by molar-refractivity contribution is 7.10. The third-order valence-electron chi connectivity index (χ3n) is 4.26. The van der Waals surface area contributed by atoms with Crippen molar-refractivity contribution in [1.29, 1.82) is 0 Å². The number of halogens is 1. The summed E-state index contributed by atoms with van der Waals surface area (Å²) in [4.78, 5) is 16.8. The molecule has 8 nitrogen and oxygen atoms in total. The number of nitrogens with one attached hydrogen (secondary N) is 1. The van der Waals surface area contributed by atoms with Crippen LogP contribution in [0.4, 0.5) is 5.13 Å². The van der Waals surface area contributed by atoms with Crippen molar-refractivity contribution in [3.8, 4) is 23.0 Å². The van der Waals surface area contributed by atoms with Crippen LogP contribution in [0.1, 0.15) is 23.0 Å². The second-order valence-corrected chi connectivity index (χ2v) is 7.38. The summed E-state index contributed by atoms with van der Waals surface area (Å²) in [6, 6.07) is 14.4. The highest BCUT2D eigenvalue weighted by Crippen LogP contribution is 2.25. The van der Waals surface area contributed by atoms with Gasteiger partial charge in [0.05, 0.1) is 28.6 Å². The Labute approximate surface area is 181 Å². The monoisotopic (exact) mass is 440 g/mol. The molecule has 10 heteroatoms. The summed E-state index contributed by atoms with van der Waals surface area (Å²) in [7, 11) is 0. The summed E-state index contributed by atoms with van der Waals surface area (Å²) >= 11 is 7.14. The maximum atomic E-state index is 12.4. The number of rotatable bonds is 6. The standard InChI is InChI=1S/C20H17ClN6O2S/c1-3-29-14-10-8-13(9-11-14)27-12(2)17(24-26-27)18-22-20(30-25-18)23-19(28)15-6-4-5-7-16(15)21/h4-11H,3H2,1-2H3,(H,22,23,25,28). The van der Waals surface area contributed by atoms with Gasteiger partial charge in [-0.25, -0.2) is 4.68 Å². The Morgan fingerprint density at radius 2 is 1.97 bits per heavy atom. The van der Waals surface area contributed by atoms with Gasteiger partial charge < -0.3 is 4.74 Å². The lowest BCUT2D eigenvalue weighted by molar-refractivity contribution is 0.102. The van der Waals surface area contributed by atoms with Gasteiger partial charge in [-0.05, 0) is 50.2 Å². The Kier molecular flexibility index (Phi) is 5.73. The first-order chi connectivity index (χ1) is 14.6. The second kappa shape index (κ2) is 8.60. The van der Waals surface area contributed by atoms with Crippen molar-refractivity contribution in [2.45, 2.75) is 13.8 Å². The topological polar surface area (TPSA) is 94.8 Å². The molecule has 0 spiro atoms. The van der Waals surface area contributed by atoms with E-state index in [1.807, 2.05) is 38.1 Å². The minimum atomic E-state index is -0.349. The van der Waals surface area contributed by atoms with E-state index in [2.05, 4.69) is 25.0 Å². The Balaban J connectivity index is 1.54. The lowest BCUT2D eigenvalue weighted by Gasteiger charge is -2.06. The number of carbonyl (C=O) groups is 1. The van der Waals surface area contributed by atoms with Gasteiger partial charge in [0.15, 0.2) is 11.5 Å². The normalized spacial score (nSPS) is 10.8. The first-order valence-corrected chi connectivity index (χ1v) is 10.3. The number of anilines is 1. The SMILES string of the molecule is CCOc1ccc(-n2nnc(-c3nsc(NC(=O)c4ccccc4Cl)n3)c2C)cc1. The van der Waals surface area contributed by atoms with E-state index in [0.717, 1.165) is 28.7 Å². The Morgan fingerprint density at radius 3 is 2.70 bits per heavy atom. The van der Waals surface area contributed by atoms with Crippen molar-refractivity contribution in [2.75, 3.05) is 11.9 Å². The van der Waals surface area contributed by atoms with Gasteiger partial charge in [0, 0.05) is 11.5 Å². The predicted molar refractivity (Wildman–Crippen MR) is 116 cm³/mol. The van der Waals surface area contributed by atoms with Gasteiger partial charge in [-0.1, -0.05) is 28.9 Å². The fraction of sp³-hybridized carbons (Fsp3) is 0.150. The van der Waals surface area contributed by atoms with Gasteiger partial charge in [0.2, 0.25) is 5.13 Å². The molecule has 0 atom stereocenters. The summed E-state index contributed by atoms with van der Waals surface area (Å²) in [5, 5.41) is 11.9. The van der Waals surface area contributed by atoms with Gasteiger partial charge in [0.1, 0.15) is 5.75 Å². The van der Waals surface area contributed by atoms with E-state index in [1.165, 1.54) is 0 Å². The van der Waals surface area contributed by atoms with Crippen LogP contribution in [0.5, 0.6) is 5.75 Å². The summed E-state index contributed by atoms with van der Waals surface area (Å²) in [6.07, 6.45) is 0. The number of nitrogens with zero attached hydrogens (tertiary/aromatic N) is 5. The number of hydrogen-bond acceptors (Lipinski definition) is 7. The molecular formula is C20H17ClN6O2S. The van der Waals surface area contributed by atoms with Crippen molar-refractivity contribution in [3.63, 3.8) is 0 Å². The van der Waals surface area contributed by atoms with Crippen LogP contribution < -0.4 is 10.1 Å². The first kappa shape index (κ1) is 20.0. The van der Waals surface area contributed by atoms with Crippen LogP contribution in [0.15, 0.2) is 48.5 Å². The molecule has 0 aliphatic rings. The lowest BCUT2D eigenvalue weighted by atomic mass is 10.2. The highest BCUT2D eigenvalue weighted by atomic mass is 35.5. The Morgan fingerprint density at radius 1 is 1.20 bits per heavy atom. The quantitative estimate of drug-likeness (QED) is 0.477. The van der Waals surface area contributed by atoms with Crippen LogP contribution in [-0.2, 0) is 0 Å². The highest BCUT2D eigenvalue weighted by Gasteiger charge is 2.18. The zero-order valence-electron chi connectivity index (χ0n) is 16.2. The van der Waals surface area contributed by atoms with E-state index in [0.29, 0.717) is 33.8 Å². The summed E-state index contributed by atoms with van der Waals surface area (Å²) in [6.45, 7) is 4.43. The molecule has 30 heavy (non-hydrogen) atoms. The van der Waals surface area contributed by atoms with Gasteiger partial charge in [-0.2, -0.15) is 9.36 Å². The number of hydrogen-bond donors (Lipinski definition) is 1. The van der Waals surface area contributed by atoms with Gasteiger partial charge >= 0.3 is 0 Å². The van der Waals surface area contributed by atoms with E-state index < -0.39 is 0 Å². The maximum Gasteiger partial charge on any atom is 0.258 e. The smallest absolute Gasteiger partial charge is 0.258 e. The van der Waals surface area contributed by atoms with Crippen molar-refractivity contribution >= 4 is 34.2 Å². The van der Waals surface area contributed by atoms with E-state index in [1.54, 1.807) is 28.9 Å². The van der Waals surface area contributed by atoms with Crippen LogP contribution >= 0.6 is 23.1 Å². The molecule has 2 heterocycles. The molecule has 0 unspecified atom stereocenters. The number of ether oxygens (including phenoxy) is 1. The molecule has 2 aromatic carbocycles. The number of carbonyl (C=O) groups excluding carboxylic acids is 1. The largest absolute Gasteiger partial charge is 0.494 e. The molecule has 0 saturated carbocycles.